The number of carbonyl (C=O) groups is 2. The van der Waals surface area contributed by atoms with Crippen molar-refractivity contribution in [2.24, 2.45) is 0 Å². The second-order valence-electron chi connectivity index (χ2n) is 9.52. The quantitative estimate of drug-likeness (QED) is 0.314. The number of benzene rings is 2. The zero-order chi connectivity index (χ0) is 26.0. The van der Waals surface area contributed by atoms with Crippen molar-refractivity contribution in [2.75, 3.05) is 9.80 Å². The van der Waals surface area contributed by atoms with Gasteiger partial charge in [-0.15, -0.1) is 0 Å². The molecule has 2 atom stereocenters. The lowest BCUT2D eigenvalue weighted by molar-refractivity contribution is -0.117. The fraction of sp³-hybridized carbons (Fsp3) is 0.259. The summed E-state index contributed by atoms with van der Waals surface area (Å²) in [6, 6.07) is 9.68. The summed E-state index contributed by atoms with van der Waals surface area (Å²) in [7, 11) is 0. The fourth-order valence-electron chi connectivity index (χ4n) is 5.37. The van der Waals surface area contributed by atoms with Crippen molar-refractivity contribution in [1.29, 1.82) is 0 Å². The highest BCUT2D eigenvalue weighted by Gasteiger charge is 2.44. The maximum absolute atomic E-state index is 12.9. The Labute approximate surface area is 223 Å². The SMILES string of the molecule is CC(=O)N1c2ccc(-c3cnn(C4CC4)c3)cc2N(C(=O)O)C(c2c(Cl)cc(Cl)c3cccnc23)[C@@H]1C. The predicted octanol–water partition coefficient (Wildman–Crippen LogP) is 6.72. The van der Waals surface area contributed by atoms with Crippen molar-refractivity contribution in [3.8, 4) is 11.1 Å². The smallest absolute Gasteiger partial charge is 0.412 e. The third kappa shape index (κ3) is 3.83. The molecule has 1 aliphatic heterocycles. The van der Waals surface area contributed by atoms with Gasteiger partial charge in [0, 0.05) is 40.9 Å². The fourth-order valence-corrected chi connectivity index (χ4v) is 6.00. The molecular formula is C27H23Cl2N5O3. The number of halogens is 2. The van der Waals surface area contributed by atoms with Gasteiger partial charge in [-0.2, -0.15) is 5.10 Å². The molecule has 0 spiro atoms. The lowest BCUT2D eigenvalue weighted by Gasteiger charge is -2.46. The molecule has 0 bridgehead atoms. The lowest BCUT2D eigenvalue weighted by atomic mass is 9.90. The zero-order valence-electron chi connectivity index (χ0n) is 20.1. The van der Waals surface area contributed by atoms with E-state index in [9.17, 15) is 14.7 Å². The number of fused-ring (bicyclic) bond motifs is 2. The molecule has 1 unspecified atom stereocenters. The monoisotopic (exact) mass is 535 g/mol. The van der Waals surface area contributed by atoms with E-state index >= 15 is 0 Å². The van der Waals surface area contributed by atoms with Crippen LogP contribution in [0.25, 0.3) is 22.0 Å². The van der Waals surface area contributed by atoms with E-state index in [-0.39, 0.29) is 10.9 Å². The first kappa shape index (κ1) is 23.8. The summed E-state index contributed by atoms with van der Waals surface area (Å²) in [6.45, 7) is 3.29. The molecule has 10 heteroatoms. The van der Waals surface area contributed by atoms with Gasteiger partial charge in [-0.3, -0.25) is 19.4 Å². The molecule has 8 nitrogen and oxygen atoms in total. The number of aromatic nitrogens is 3. The van der Waals surface area contributed by atoms with Crippen molar-refractivity contribution in [1.82, 2.24) is 14.8 Å². The van der Waals surface area contributed by atoms with Crippen LogP contribution in [0, 0.1) is 0 Å². The predicted molar refractivity (Wildman–Crippen MR) is 144 cm³/mol. The van der Waals surface area contributed by atoms with Crippen molar-refractivity contribution in [2.45, 2.75) is 44.8 Å². The van der Waals surface area contributed by atoms with Gasteiger partial charge in [0.2, 0.25) is 5.91 Å². The largest absolute Gasteiger partial charge is 0.465 e. The van der Waals surface area contributed by atoms with Crippen LogP contribution in [0.2, 0.25) is 10.0 Å². The topological polar surface area (TPSA) is 91.6 Å². The Balaban J connectivity index is 1.58. The summed E-state index contributed by atoms with van der Waals surface area (Å²) in [5, 5.41) is 16.4. The van der Waals surface area contributed by atoms with Gasteiger partial charge in [0.25, 0.3) is 0 Å². The number of rotatable bonds is 3. The molecular weight excluding hydrogens is 513 g/mol. The maximum Gasteiger partial charge on any atom is 0.412 e. The first-order valence-corrected chi connectivity index (χ1v) is 12.7. The highest BCUT2D eigenvalue weighted by atomic mass is 35.5. The van der Waals surface area contributed by atoms with Gasteiger partial charge in [-0.25, -0.2) is 4.79 Å². The van der Waals surface area contributed by atoms with Gasteiger partial charge < -0.3 is 10.0 Å². The van der Waals surface area contributed by atoms with E-state index in [1.807, 2.05) is 29.9 Å². The van der Waals surface area contributed by atoms with E-state index in [0.717, 1.165) is 24.0 Å². The van der Waals surface area contributed by atoms with E-state index in [1.165, 1.54) is 11.8 Å². The van der Waals surface area contributed by atoms with Gasteiger partial charge in [-0.1, -0.05) is 29.3 Å². The lowest BCUT2D eigenvalue weighted by Crippen LogP contribution is -2.53. The molecule has 6 rings (SSSR count). The first-order chi connectivity index (χ1) is 17.8. The van der Waals surface area contributed by atoms with Crippen molar-refractivity contribution in [3.63, 3.8) is 0 Å². The van der Waals surface area contributed by atoms with Crippen LogP contribution in [0.5, 0.6) is 0 Å². The molecule has 188 valence electrons. The molecule has 2 aromatic carbocycles. The third-order valence-electron chi connectivity index (χ3n) is 7.16. The van der Waals surface area contributed by atoms with Gasteiger partial charge in [0.1, 0.15) is 0 Å². The minimum absolute atomic E-state index is 0.208. The second kappa shape index (κ2) is 8.75. The average molecular weight is 536 g/mol. The zero-order valence-corrected chi connectivity index (χ0v) is 21.6. The highest BCUT2D eigenvalue weighted by Crippen LogP contribution is 2.49. The third-order valence-corrected chi connectivity index (χ3v) is 7.79. The molecule has 0 radical (unpaired) electrons. The van der Waals surface area contributed by atoms with E-state index < -0.39 is 18.2 Å². The number of anilines is 2. The second-order valence-corrected chi connectivity index (χ2v) is 10.3. The first-order valence-electron chi connectivity index (χ1n) is 12.0. The van der Waals surface area contributed by atoms with Gasteiger partial charge >= 0.3 is 6.09 Å². The normalized spacial score (nSPS) is 19.2. The van der Waals surface area contributed by atoms with Gasteiger partial charge in [-0.05, 0) is 55.7 Å². The van der Waals surface area contributed by atoms with Crippen LogP contribution in [0.4, 0.5) is 16.2 Å². The van der Waals surface area contributed by atoms with Crippen LogP contribution >= 0.6 is 23.2 Å². The molecule has 1 N–H and O–H groups in total. The summed E-state index contributed by atoms with van der Waals surface area (Å²) in [5.41, 5.74) is 3.58. The van der Waals surface area contributed by atoms with Crippen LogP contribution in [0.1, 0.15) is 44.3 Å². The van der Waals surface area contributed by atoms with E-state index in [4.69, 9.17) is 23.2 Å². The Morgan fingerprint density at radius 3 is 2.51 bits per heavy atom. The van der Waals surface area contributed by atoms with Crippen molar-refractivity contribution >= 4 is 57.5 Å². The molecule has 1 fully saturated rings. The minimum atomic E-state index is -1.16. The van der Waals surface area contributed by atoms with E-state index in [1.54, 1.807) is 41.6 Å². The number of hydrogen-bond acceptors (Lipinski definition) is 4. The number of pyridine rings is 1. The maximum atomic E-state index is 12.9. The standard InChI is InChI=1S/C27H23Cl2N5O3/c1-14-26(24-21(29)11-20(28)19-4-3-9-30-25(19)24)34(27(36)37)23-10-16(5-8-22(23)33(14)15(2)35)17-12-31-32(13-17)18-6-7-18/h3-5,8-14,18,26H,6-7H2,1-2H3,(H,36,37)/t14-,26?/m0/s1. The average Bonchev–Trinajstić information content (AvgIpc) is 3.59. The van der Waals surface area contributed by atoms with E-state index in [2.05, 4.69) is 10.1 Å². The number of hydrogen-bond donors (Lipinski definition) is 1. The molecule has 37 heavy (non-hydrogen) atoms. The Hall–Kier alpha value is -3.62. The number of nitrogens with zero attached hydrogens (tertiary/aromatic N) is 5. The van der Waals surface area contributed by atoms with Gasteiger partial charge in [0.15, 0.2) is 0 Å². The molecule has 0 saturated heterocycles. The van der Waals surface area contributed by atoms with Crippen LogP contribution in [0.3, 0.4) is 0 Å². The Morgan fingerprint density at radius 2 is 1.81 bits per heavy atom. The Morgan fingerprint density at radius 1 is 1.03 bits per heavy atom. The summed E-state index contributed by atoms with van der Waals surface area (Å²) >= 11 is 13.2. The molecule has 2 aliphatic rings. The molecule has 3 heterocycles. The van der Waals surface area contributed by atoms with Crippen molar-refractivity contribution in [3.05, 3.63) is 70.6 Å². The summed E-state index contributed by atoms with van der Waals surface area (Å²) in [6.07, 6.45) is 6.42. The van der Waals surface area contributed by atoms with Crippen LogP contribution in [-0.2, 0) is 4.79 Å². The summed E-state index contributed by atoms with van der Waals surface area (Å²) in [5.74, 6) is -0.208. The summed E-state index contributed by atoms with van der Waals surface area (Å²) in [4.78, 5) is 33.3. The van der Waals surface area contributed by atoms with E-state index in [0.29, 0.717) is 38.9 Å². The number of amides is 2. The minimum Gasteiger partial charge on any atom is -0.465 e. The molecule has 2 aromatic heterocycles. The van der Waals surface area contributed by atoms with Crippen molar-refractivity contribution < 1.29 is 14.7 Å². The highest BCUT2D eigenvalue weighted by molar-refractivity contribution is 6.39. The van der Waals surface area contributed by atoms with Gasteiger partial charge in [0.05, 0.1) is 46.2 Å². The Bertz CT molecular complexity index is 1580. The summed E-state index contributed by atoms with van der Waals surface area (Å²) < 4.78 is 1.95. The number of carbonyl (C=O) groups excluding carboxylic acids is 1. The molecule has 2 amide bonds. The van der Waals surface area contributed by atoms with Crippen LogP contribution in [-0.4, -0.2) is 37.9 Å². The van der Waals surface area contributed by atoms with Crippen LogP contribution in [0.15, 0.2) is 55.0 Å². The number of carboxylic acid groups (broad SMARTS) is 1. The molecule has 1 saturated carbocycles. The van der Waals surface area contributed by atoms with Crippen LogP contribution < -0.4 is 9.80 Å². The molecule has 1 aliphatic carbocycles. The molecule has 4 aromatic rings. The Kier molecular flexibility index (Phi) is 5.62.